The maximum atomic E-state index is 12.5. The van der Waals surface area contributed by atoms with Crippen molar-refractivity contribution in [3.8, 4) is 5.75 Å². The molecule has 2 saturated heterocycles. The smallest absolute Gasteiger partial charge is 0.317 e. The average molecular weight is 345 g/mol. The second-order valence-electron chi connectivity index (χ2n) is 7.32. The van der Waals surface area contributed by atoms with Crippen molar-refractivity contribution in [2.24, 2.45) is 0 Å². The molecule has 0 aromatic heterocycles. The van der Waals surface area contributed by atoms with Gasteiger partial charge < -0.3 is 15.3 Å². The number of piperidine rings is 2. The summed E-state index contributed by atoms with van der Waals surface area (Å²) in [5.74, 6) is 0.760. The molecule has 2 aliphatic rings. The first-order valence-corrected chi connectivity index (χ1v) is 9.73. The predicted molar refractivity (Wildman–Crippen MR) is 99.9 cm³/mol. The molecule has 1 atom stereocenters. The van der Waals surface area contributed by atoms with E-state index in [9.17, 15) is 9.90 Å². The van der Waals surface area contributed by atoms with Gasteiger partial charge in [-0.15, -0.1) is 0 Å². The Balaban J connectivity index is 1.45. The van der Waals surface area contributed by atoms with Crippen LogP contribution in [0.3, 0.4) is 0 Å². The first-order chi connectivity index (χ1) is 12.2. The minimum Gasteiger partial charge on any atom is -0.508 e. The van der Waals surface area contributed by atoms with Crippen molar-refractivity contribution >= 4 is 6.03 Å². The number of hydrogen-bond donors (Lipinski definition) is 2. The first kappa shape index (κ1) is 18.1. The van der Waals surface area contributed by atoms with Gasteiger partial charge in [-0.05, 0) is 62.4 Å². The van der Waals surface area contributed by atoms with Crippen molar-refractivity contribution < 1.29 is 9.90 Å². The maximum Gasteiger partial charge on any atom is 0.317 e. The summed E-state index contributed by atoms with van der Waals surface area (Å²) in [7, 11) is 0. The third-order valence-electron chi connectivity index (χ3n) is 5.77. The number of nitrogens with one attached hydrogen (secondary N) is 1. The molecule has 3 rings (SSSR count). The molecule has 25 heavy (non-hydrogen) atoms. The number of benzene rings is 1. The molecule has 2 heterocycles. The molecule has 138 valence electrons. The number of phenols is 1. The molecule has 1 aromatic rings. The van der Waals surface area contributed by atoms with Crippen LogP contribution >= 0.6 is 0 Å². The number of phenolic OH excluding ortho intramolecular Hbond substituents is 1. The van der Waals surface area contributed by atoms with Gasteiger partial charge in [-0.25, -0.2) is 4.79 Å². The number of rotatable bonds is 4. The van der Waals surface area contributed by atoms with Crippen molar-refractivity contribution in [1.82, 2.24) is 15.1 Å². The molecule has 0 bridgehead atoms. The summed E-state index contributed by atoms with van der Waals surface area (Å²) >= 11 is 0. The summed E-state index contributed by atoms with van der Waals surface area (Å²) in [5, 5.41) is 12.8. The van der Waals surface area contributed by atoms with Gasteiger partial charge in [0.1, 0.15) is 5.75 Å². The van der Waals surface area contributed by atoms with Gasteiger partial charge in [0.15, 0.2) is 0 Å². The Hall–Kier alpha value is -1.75. The monoisotopic (exact) mass is 345 g/mol. The van der Waals surface area contributed by atoms with Crippen molar-refractivity contribution in [3.05, 3.63) is 29.8 Å². The van der Waals surface area contributed by atoms with Crippen LogP contribution in [0.25, 0.3) is 0 Å². The molecule has 0 unspecified atom stereocenters. The molecule has 2 N–H and O–H groups in total. The molecule has 1 aromatic carbocycles. The van der Waals surface area contributed by atoms with Crippen LogP contribution in [-0.4, -0.2) is 59.7 Å². The number of likely N-dealkylation sites (tertiary alicyclic amines) is 2. The second kappa shape index (κ2) is 8.56. The predicted octanol–water partition coefficient (Wildman–Crippen LogP) is 3.16. The Bertz CT molecular complexity index is 570. The van der Waals surface area contributed by atoms with E-state index in [-0.39, 0.29) is 6.03 Å². The molecule has 5 nitrogen and oxygen atoms in total. The van der Waals surface area contributed by atoms with Gasteiger partial charge in [-0.3, -0.25) is 4.90 Å². The van der Waals surface area contributed by atoms with Crippen LogP contribution in [0.2, 0.25) is 0 Å². The molecule has 2 fully saturated rings. The Labute approximate surface area is 151 Å². The molecule has 0 aliphatic carbocycles. The zero-order chi connectivity index (χ0) is 17.6. The minimum absolute atomic E-state index is 0.0796. The van der Waals surface area contributed by atoms with Gasteiger partial charge in [0.2, 0.25) is 0 Å². The van der Waals surface area contributed by atoms with E-state index in [1.165, 1.54) is 24.8 Å². The molecule has 0 saturated carbocycles. The molecule has 0 radical (unpaired) electrons. The van der Waals surface area contributed by atoms with Crippen LogP contribution in [0.5, 0.6) is 5.75 Å². The van der Waals surface area contributed by atoms with Crippen molar-refractivity contribution in [2.75, 3.05) is 32.7 Å². The Morgan fingerprint density at radius 2 is 2.00 bits per heavy atom. The number of likely N-dealkylation sites (N-methyl/N-ethyl adjacent to an activating group) is 1. The Morgan fingerprint density at radius 1 is 1.20 bits per heavy atom. The number of nitrogens with zero attached hydrogens (tertiary/aromatic N) is 2. The van der Waals surface area contributed by atoms with Crippen molar-refractivity contribution in [2.45, 2.75) is 51.0 Å². The fourth-order valence-corrected chi connectivity index (χ4v) is 4.22. The van der Waals surface area contributed by atoms with E-state index in [1.807, 2.05) is 17.0 Å². The van der Waals surface area contributed by atoms with Crippen LogP contribution in [0.4, 0.5) is 4.79 Å². The van der Waals surface area contributed by atoms with Crippen LogP contribution in [0.1, 0.15) is 50.5 Å². The maximum absolute atomic E-state index is 12.5. The van der Waals surface area contributed by atoms with Gasteiger partial charge in [0, 0.05) is 25.7 Å². The highest BCUT2D eigenvalue weighted by Gasteiger charge is 2.26. The first-order valence-electron chi connectivity index (χ1n) is 9.73. The van der Waals surface area contributed by atoms with E-state index in [0.717, 1.165) is 45.6 Å². The van der Waals surface area contributed by atoms with Crippen LogP contribution in [0.15, 0.2) is 24.3 Å². The highest BCUT2D eigenvalue weighted by Crippen LogP contribution is 2.29. The van der Waals surface area contributed by atoms with Crippen LogP contribution in [0, 0.1) is 0 Å². The third kappa shape index (κ3) is 4.66. The molecule has 2 amide bonds. The number of aromatic hydroxyl groups is 1. The minimum atomic E-state index is 0.0796. The topological polar surface area (TPSA) is 55.8 Å². The van der Waals surface area contributed by atoms with Crippen LogP contribution in [-0.2, 0) is 0 Å². The highest BCUT2D eigenvalue weighted by molar-refractivity contribution is 5.74. The van der Waals surface area contributed by atoms with E-state index in [0.29, 0.717) is 17.7 Å². The van der Waals surface area contributed by atoms with Gasteiger partial charge in [0.05, 0.1) is 0 Å². The lowest BCUT2D eigenvalue weighted by atomic mass is 9.89. The standard InChI is InChI=1S/C20H31N3O2/c1-2-22-11-4-3-7-18(22)15-21-20(25)23-12-9-16(10-13-23)17-6-5-8-19(24)14-17/h5-6,8,14,16,18,24H,2-4,7,9-13,15H2,1H3,(H,21,25)/t18-/m1/s1. The summed E-state index contributed by atoms with van der Waals surface area (Å²) in [6, 6.07) is 8.10. The van der Waals surface area contributed by atoms with Crippen molar-refractivity contribution in [3.63, 3.8) is 0 Å². The highest BCUT2D eigenvalue weighted by atomic mass is 16.3. The largest absolute Gasteiger partial charge is 0.508 e. The second-order valence-corrected chi connectivity index (χ2v) is 7.32. The Morgan fingerprint density at radius 3 is 2.72 bits per heavy atom. The SMILES string of the molecule is CCN1CCCC[C@@H]1CNC(=O)N1CCC(c2cccc(O)c2)CC1. The van der Waals surface area contributed by atoms with E-state index < -0.39 is 0 Å². The molecular formula is C20H31N3O2. The number of amides is 2. The molecule has 0 spiro atoms. The zero-order valence-corrected chi connectivity index (χ0v) is 15.3. The summed E-state index contributed by atoms with van der Waals surface area (Å²) in [6.07, 6.45) is 5.66. The number of carbonyl (C=O) groups is 1. The summed E-state index contributed by atoms with van der Waals surface area (Å²) in [5.41, 5.74) is 1.18. The number of carbonyl (C=O) groups excluding carboxylic acids is 1. The van der Waals surface area contributed by atoms with E-state index in [1.54, 1.807) is 6.07 Å². The van der Waals surface area contributed by atoms with Gasteiger partial charge in [-0.2, -0.15) is 0 Å². The number of hydrogen-bond acceptors (Lipinski definition) is 3. The molecule has 2 aliphatic heterocycles. The lowest BCUT2D eigenvalue weighted by molar-refractivity contribution is 0.145. The van der Waals surface area contributed by atoms with Crippen molar-refractivity contribution in [1.29, 1.82) is 0 Å². The lowest BCUT2D eigenvalue weighted by Gasteiger charge is -2.36. The summed E-state index contributed by atoms with van der Waals surface area (Å²) < 4.78 is 0. The average Bonchev–Trinajstić information content (AvgIpc) is 2.66. The quantitative estimate of drug-likeness (QED) is 0.881. The summed E-state index contributed by atoms with van der Waals surface area (Å²) in [4.78, 5) is 16.9. The number of urea groups is 1. The van der Waals surface area contributed by atoms with E-state index in [4.69, 9.17) is 0 Å². The van der Waals surface area contributed by atoms with E-state index in [2.05, 4.69) is 23.2 Å². The van der Waals surface area contributed by atoms with Crippen LogP contribution < -0.4 is 5.32 Å². The zero-order valence-electron chi connectivity index (χ0n) is 15.3. The van der Waals surface area contributed by atoms with Gasteiger partial charge in [0.25, 0.3) is 0 Å². The molecule has 5 heteroatoms. The van der Waals surface area contributed by atoms with Gasteiger partial charge >= 0.3 is 6.03 Å². The lowest BCUT2D eigenvalue weighted by Crippen LogP contribution is -2.50. The fourth-order valence-electron chi connectivity index (χ4n) is 4.22. The molecular weight excluding hydrogens is 314 g/mol. The summed E-state index contributed by atoms with van der Waals surface area (Å²) in [6.45, 7) is 6.76. The van der Waals surface area contributed by atoms with E-state index >= 15 is 0 Å². The third-order valence-corrected chi connectivity index (χ3v) is 5.77. The van der Waals surface area contributed by atoms with Gasteiger partial charge in [-0.1, -0.05) is 25.5 Å². The normalized spacial score (nSPS) is 22.8. The Kier molecular flexibility index (Phi) is 6.19. The fraction of sp³-hybridized carbons (Fsp3) is 0.650.